The van der Waals surface area contributed by atoms with Crippen LogP contribution in [-0.2, 0) is 10.6 Å². The van der Waals surface area contributed by atoms with E-state index in [9.17, 15) is 4.79 Å². The lowest BCUT2D eigenvalue weighted by Gasteiger charge is -2.21. The summed E-state index contributed by atoms with van der Waals surface area (Å²) in [6.45, 7) is 0.699. The number of nitrogens with zero attached hydrogens (tertiary/aromatic N) is 1. The van der Waals surface area contributed by atoms with Crippen molar-refractivity contribution < 1.29 is 4.74 Å². The molecule has 1 aromatic rings. The molecule has 1 atom stereocenters. The van der Waals surface area contributed by atoms with Crippen LogP contribution in [0.3, 0.4) is 0 Å². The number of H-pyrrole nitrogens is 1. The van der Waals surface area contributed by atoms with Crippen LogP contribution in [0.2, 0.25) is 0 Å². The first-order valence-electron chi connectivity index (χ1n) is 4.65. The number of alkyl halides is 1. The van der Waals surface area contributed by atoms with Gasteiger partial charge in [-0.25, -0.2) is 4.98 Å². The lowest BCUT2D eigenvalue weighted by atomic mass is 10.3. The smallest absolute Gasteiger partial charge is 0.251 e. The van der Waals surface area contributed by atoms with E-state index < -0.39 is 0 Å². The highest BCUT2D eigenvalue weighted by atomic mass is 35.5. The van der Waals surface area contributed by atoms with E-state index in [0.717, 1.165) is 11.5 Å². The zero-order valence-corrected chi connectivity index (χ0v) is 9.61. The minimum absolute atomic E-state index is 0.111. The summed E-state index contributed by atoms with van der Waals surface area (Å²) >= 11 is 7.45. The minimum Gasteiger partial charge on any atom is -0.369 e. The van der Waals surface area contributed by atoms with Gasteiger partial charge in [-0.05, 0) is 0 Å². The first-order valence-corrected chi connectivity index (χ1v) is 6.34. The standard InChI is InChI=1S/C9H11ClN2O2S/c10-4-6-3-8(13)12-9(11-6)7-5-15-2-1-14-7/h3,7H,1-2,4-5H2,(H,11,12,13). The quantitative estimate of drug-likeness (QED) is 0.800. The van der Waals surface area contributed by atoms with Gasteiger partial charge in [-0.3, -0.25) is 4.79 Å². The summed E-state index contributed by atoms with van der Waals surface area (Å²) in [5, 5.41) is 0. The third-order valence-corrected chi connectivity index (χ3v) is 3.34. The molecular formula is C9H11ClN2O2S. The number of thioether (sulfide) groups is 1. The van der Waals surface area contributed by atoms with Gasteiger partial charge in [0.1, 0.15) is 11.9 Å². The Morgan fingerprint density at radius 2 is 2.60 bits per heavy atom. The summed E-state index contributed by atoms with van der Waals surface area (Å²) in [4.78, 5) is 18.2. The molecule has 2 rings (SSSR count). The summed E-state index contributed by atoms with van der Waals surface area (Å²) in [5.74, 6) is 2.66. The number of halogens is 1. The molecule has 1 aromatic heterocycles. The van der Waals surface area contributed by atoms with Crippen molar-refractivity contribution in [3.8, 4) is 0 Å². The molecule has 1 aliphatic rings. The maximum absolute atomic E-state index is 11.3. The molecule has 0 radical (unpaired) electrons. The molecule has 6 heteroatoms. The maximum atomic E-state index is 11.3. The lowest BCUT2D eigenvalue weighted by molar-refractivity contribution is 0.0691. The molecule has 4 nitrogen and oxygen atoms in total. The third-order valence-electron chi connectivity index (χ3n) is 2.07. The van der Waals surface area contributed by atoms with E-state index in [4.69, 9.17) is 16.3 Å². The van der Waals surface area contributed by atoms with Gasteiger partial charge in [0, 0.05) is 17.6 Å². The second-order valence-corrected chi connectivity index (χ2v) is 4.61. The van der Waals surface area contributed by atoms with E-state index in [-0.39, 0.29) is 17.5 Å². The molecule has 15 heavy (non-hydrogen) atoms. The largest absolute Gasteiger partial charge is 0.369 e. The van der Waals surface area contributed by atoms with Crippen LogP contribution in [0.15, 0.2) is 10.9 Å². The van der Waals surface area contributed by atoms with Crippen LogP contribution >= 0.6 is 23.4 Å². The molecule has 1 unspecified atom stereocenters. The van der Waals surface area contributed by atoms with Gasteiger partial charge in [-0.1, -0.05) is 0 Å². The van der Waals surface area contributed by atoms with Gasteiger partial charge in [0.2, 0.25) is 0 Å². The molecule has 1 saturated heterocycles. The molecule has 0 saturated carbocycles. The lowest BCUT2D eigenvalue weighted by Crippen LogP contribution is -2.22. The van der Waals surface area contributed by atoms with Crippen LogP contribution in [0.4, 0.5) is 0 Å². The van der Waals surface area contributed by atoms with E-state index in [1.165, 1.54) is 6.07 Å². The maximum Gasteiger partial charge on any atom is 0.251 e. The molecular weight excluding hydrogens is 236 g/mol. The van der Waals surface area contributed by atoms with Gasteiger partial charge in [-0.15, -0.1) is 11.6 Å². The van der Waals surface area contributed by atoms with Crippen molar-refractivity contribution in [2.24, 2.45) is 0 Å². The van der Waals surface area contributed by atoms with Crippen LogP contribution in [-0.4, -0.2) is 28.1 Å². The number of nitrogens with one attached hydrogen (secondary N) is 1. The molecule has 0 spiro atoms. The van der Waals surface area contributed by atoms with Crippen LogP contribution < -0.4 is 5.56 Å². The van der Waals surface area contributed by atoms with Crippen molar-refractivity contribution in [1.82, 2.24) is 9.97 Å². The van der Waals surface area contributed by atoms with Gasteiger partial charge < -0.3 is 9.72 Å². The molecule has 0 bridgehead atoms. The summed E-state index contributed by atoms with van der Waals surface area (Å²) in [6, 6.07) is 1.41. The van der Waals surface area contributed by atoms with Crippen LogP contribution in [0, 0.1) is 0 Å². The fourth-order valence-electron chi connectivity index (χ4n) is 1.40. The average Bonchev–Trinajstić information content (AvgIpc) is 2.29. The number of aromatic amines is 1. The molecule has 1 aliphatic heterocycles. The van der Waals surface area contributed by atoms with E-state index in [2.05, 4.69) is 9.97 Å². The number of hydrogen-bond acceptors (Lipinski definition) is 4. The number of rotatable bonds is 2. The highest BCUT2D eigenvalue weighted by Crippen LogP contribution is 2.23. The number of ether oxygens (including phenoxy) is 1. The van der Waals surface area contributed by atoms with Crippen molar-refractivity contribution in [3.05, 3.63) is 27.9 Å². The van der Waals surface area contributed by atoms with Gasteiger partial charge in [0.05, 0.1) is 18.2 Å². The predicted molar refractivity (Wildman–Crippen MR) is 60.4 cm³/mol. The molecule has 1 N–H and O–H groups in total. The normalized spacial score (nSPS) is 21.5. The van der Waals surface area contributed by atoms with Gasteiger partial charge in [-0.2, -0.15) is 11.8 Å². The average molecular weight is 247 g/mol. The molecule has 0 aliphatic carbocycles. The van der Waals surface area contributed by atoms with Crippen LogP contribution in [0.5, 0.6) is 0 Å². The number of aromatic nitrogens is 2. The minimum atomic E-state index is -0.171. The Labute approximate surface area is 96.4 Å². The Morgan fingerprint density at radius 1 is 1.73 bits per heavy atom. The monoisotopic (exact) mass is 246 g/mol. The van der Waals surface area contributed by atoms with Gasteiger partial charge in [0.15, 0.2) is 0 Å². The molecule has 0 amide bonds. The van der Waals surface area contributed by atoms with E-state index >= 15 is 0 Å². The summed E-state index contributed by atoms with van der Waals surface area (Å²) in [7, 11) is 0. The molecule has 2 heterocycles. The highest BCUT2D eigenvalue weighted by molar-refractivity contribution is 7.99. The second-order valence-electron chi connectivity index (χ2n) is 3.19. The van der Waals surface area contributed by atoms with Crippen LogP contribution in [0.25, 0.3) is 0 Å². The Hall–Kier alpha value is -0.520. The first-order chi connectivity index (χ1) is 7.29. The first kappa shape index (κ1) is 11.0. The van der Waals surface area contributed by atoms with Crippen molar-refractivity contribution in [2.75, 3.05) is 18.1 Å². The molecule has 0 aromatic carbocycles. The second kappa shape index (κ2) is 5.01. The van der Waals surface area contributed by atoms with Gasteiger partial charge >= 0.3 is 0 Å². The number of hydrogen-bond donors (Lipinski definition) is 1. The fraction of sp³-hybridized carbons (Fsp3) is 0.556. The Bertz CT molecular complexity index is 390. The van der Waals surface area contributed by atoms with Crippen molar-refractivity contribution >= 4 is 23.4 Å². The topological polar surface area (TPSA) is 55.0 Å². The highest BCUT2D eigenvalue weighted by Gasteiger charge is 2.19. The molecule has 82 valence electrons. The zero-order chi connectivity index (χ0) is 10.7. The van der Waals surface area contributed by atoms with E-state index in [0.29, 0.717) is 18.1 Å². The van der Waals surface area contributed by atoms with Crippen molar-refractivity contribution in [2.45, 2.75) is 12.0 Å². The summed E-state index contributed by atoms with van der Waals surface area (Å²) < 4.78 is 5.52. The predicted octanol–water partition coefficient (Wildman–Crippen LogP) is 1.31. The van der Waals surface area contributed by atoms with Crippen LogP contribution in [0.1, 0.15) is 17.6 Å². The van der Waals surface area contributed by atoms with Gasteiger partial charge in [0.25, 0.3) is 5.56 Å². The van der Waals surface area contributed by atoms with E-state index in [1.54, 1.807) is 11.8 Å². The molecule has 1 fully saturated rings. The Kier molecular flexibility index (Phi) is 3.66. The van der Waals surface area contributed by atoms with E-state index in [1.807, 2.05) is 0 Å². The summed E-state index contributed by atoms with van der Waals surface area (Å²) in [6.07, 6.45) is -0.111. The van der Waals surface area contributed by atoms with Crippen molar-refractivity contribution in [1.29, 1.82) is 0 Å². The van der Waals surface area contributed by atoms with Crippen molar-refractivity contribution in [3.63, 3.8) is 0 Å². The zero-order valence-electron chi connectivity index (χ0n) is 8.03. The fourth-order valence-corrected chi connectivity index (χ4v) is 2.38. The third kappa shape index (κ3) is 2.74. The Morgan fingerprint density at radius 3 is 3.27 bits per heavy atom. The SMILES string of the molecule is O=c1cc(CCl)nc(C2CSCCO2)[nH]1. The Balaban J connectivity index is 2.26. The summed E-state index contributed by atoms with van der Waals surface area (Å²) in [5.41, 5.74) is 0.421.